The summed E-state index contributed by atoms with van der Waals surface area (Å²) in [7, 11) is 0. The minimum atomic E-state index is -0.386. The van der Waals surface area contributed by atoms with Gasteiger partial charge in [0, 0.05) is 24.9 Å². The van der Waals surface area contributed by atoms with Crippen molar-refractivity contribution >= 4 is 5.91 Å². The van der Waals surface area contributed by atoms with Gasteiger partial charge in [0.1, 0.15) is 6.26 Å². The number of amides is 1. The van der Waals surface area contributed by atoms with Crippen LogP contribution in [0.2, 0.25) is 0 Å². The first-order chi connectivity index (χ1) is 12.1. The number of rotatable bonds is 10. The molecule has 1 saturated carbocycles. The average Bonchev–Trinajstić information content (AvgIpc) is 3.08. The third-order valence-corrected chi connectivity index (χ3v) is 5.06. The fourth-order valence-electron chi connectivity index (χ4n) is 3.61. The van der Waals surface area contributed by atoms with Crippen LogP contribution in [0.1, 0.15) is 89.1 Å². The van der Waals surface area contributed by atoms with Crippen LogP contribution in [-0.4, -0.2) is 22.1 Å². The van der Waals surface area contributed by atoms with Crippen LogP contribution >= 0.6 is 0 Å². The summed E-state index contributed by atoms with van der Waals surface area (Å²) in [6, 6.07) is 0.381. The van der Waals surface area contributed by atoms with Crippen LogP contribution in [0.15, 0.2) is 10.7 Å². The van der Waals surface area contributed by atoms with E-state index in [1.807, 2.05) is 0 Å². The number of oxazole rings is 1. The van der Waals surface area contributed by atoms with Crippen LogP contribution < -0.4 is 10.8 Å². The van der Waals surface area contributed by atoms with Gasteiger partial charge in [0.05, 0.1) is 5.69 Å². The normalized spacial score (nSPS) is 17.0. The van der Waals surface area contributed by atoms with E-state index in [1.165, 1.54) is 38.5 Å². The van der Waals surface area contributed by atoms with Crippen molar-refractivity contribution in [2.24, 2.45) is 5.92 Å². The number of hydrogen-bond acceptors (Lipinski definition) is 5. The zero-order valence-corrected chi connectivity index (χ0v) is 15.6. The number of nitrogens with one attached hydrogen (secondary N) is 2. The van der Waals surface area contributed by atoms with Crippen molar-refractivity contribution in [2.75, 3.05) is 0 Å². The molecule has 0 bridgehead atoms. The van der Waals surface area contributed by atoms with E-state index in [0.717, 1.165) is 24.5 Å². The van der Waals surface area contributed by atoms with Gasteiger partial charge in [0.25, 0.3) is 0 Å². The Morgan fingerprint density at radius 1 is 1.36 bits per heavy atom. The molecular formula is C19H33N3O3. The van der Waals surface area contributed by atoms with Gasteiger partial charge in [-0.05, 0) is 12.3 Å². The van der Waals surface area contributed by atoms with Gasteiger partial charge in [-0.1, -0.05) is 58.8 Å². The summed E-state index contributed by atoms with van der Waals surface area (Å²) in [5.41, 5.74) is 2.58. The van der Waals surface area contributed by atoms with Gasteiger partial charge in [-0.2, -0.15) is 0 Å². The number of carbonyl (C=O) groups is 1. The summed E-state index contributed by atoms with van der Waals surface area (Å²) in [6.07, 6.45) is 11.8. The molecule has 1 amide bonds. The van der Waals surface area contributed by atoms with Crippen molar-refractivity contribution in [1.82, 2.24) is 15.8 Å². The van der Waals surface area contributed by atoms with Gasteiger partial charge in [-0.25, -0.2) is 10.5 Å². The average molecular weight is 351 g/mol. The Morgan fingerprint density at radius 2 is 2.12 bits per heavy atom. The molecule has 25 heavy (non-hydrogen) atoms. The molecule has 0 saturated heterocycles. The Bertz CT molecular complexity index is 510. The van der Waals surface area contributed by atoms with E-state index in [2.05, 4.69) is 24.1 Å². The molecule has 142 valence electrons. The van der Waals surface area contributed by atoms with Crippen molar-refractivity contribution in [3.05, 3.63) is 17.8 Å². The van der Waals surface area contributed by atoms with Crippen LogP contribution in [0.5, 0.6) is 0 Å². The zero-order chi connectivity index (χ0) is 18.1. The van der Waals surface area contributed by atoms with E-state index < -0.39 is 0 Å². The fraction of sp³-hybridized carbons (Fsp3) is 0.789. The highest BCUT2D eigenvalue weighted by atomic mass is 16.5. The molecule has 1 aliphatic rings. The van der Waals surface area contributed by atoms with Crippen LogP contribution in [0, 0.1) is 5.92 Å². The second-order valence-electron chi connectivity index (χ2n) is 7.58. The second kappa shape index (κ2) is 10.6. The zero-order valence-electron chi connectivity index (χ0n) is 15.6. The molecule has 0 spiro atoms. The molecule has 2 rings (SSSR count). The third kappa shape index (κ3) is 7.16. The fourth-order valence-corrected chi connectivity index (χ4v) is 3.61. The minimum absolute atomic E-state index is 0.0801. The van der Waals surface area contributed by atoms with Crippen LogP contribution in [-0.2, 0) is 11.3 Å². The highest BCUT2D eigenvalue weighted by Gasteiger charge is 2.22. The number of carbonyl (C=O) groups excluding carboxylic acids is 1. The van der Waals surface area contributed by atoms with E-state index in [4.69, 9.17) is 9.62 Å². The molecule has 0 aromatic carbocycles. The summed E-state index contributed by atoms with van der Waals surface area (Å²) in [5, 5.41) is 12.2. The minimum Gasteiger partial charge on any atom is -0.448 e. The molecule has 0 radical (unpaired) electrons. The van der Waals surface area contributed by atoms with Gasteiger partial charge in [-0.15, -0.1) is 0 Å². The molecule has 6 nitrogen and oxygen atoms in total. The van der Waals surface area contributed by atoms with Crippen LogP contribution in [0.25, 0.3) is 0 Å². The van der Waals surface area contributed by atoms with Gasteiger partial charge in [0.2, 0.25) is 5.91 Å². The van der Waals surface area contributed by atoms with Gasteiger partial charge in [-0.3, -0.25) is 10.0 Å². The standard InChI is InChI=1S/C19H33N3O3/c1-14(2)20-12-17-13-25-19(21-17)16(11-18(23)22-24)10-6-9-15-7-4-3-5-8-15/h13-16,20,24H,3-12H2,1-2H3,(H,22,23)/t16-/m1/s1. The van der Waals surface area contributed by atoms with Crippen molar-refractivity contribution in [2.45, 2.75) is 90.1 Å². The van der Waals surface area contributed by atoms with Gasteiger partial charge in [0.15, 0.2) is 5.89 Å². The molecule has 0 unspecified atom stereocenters. The lowest BCUT2D eigenvalue weighted by atomic mass is 9.84. The Kier molecular flexibility index (Phi) is 8.41. The summed E-state index contributed by atoms with van der Waals surface area (Å²) in [5.74, 6) is 0.968. The van der Waals surface area contributed by atoms with Crippen molar-refractivity contribution in [3.63, 3.8) is 0 Å². The molecule has 1 heterocycles. The maximum atomic E-state index is 11.6. The predicted molar refractivity (Wildman–Crippen MR) is 96.2 cm³/mol. The molecule has 1 atom stereocenters. The van der Waals surface area contributed by atoms with Crippen LogP contribution in [0.4, 0.5) is 0 Å². The summed E-state index contributed by atoms with van der Waals surface area (Å²) in [6.45, 7) is 4.82. The first-order valence-electron chi connectivity index (χ1n) is 9.69. The maximum absolute atomic E-state index is 11.6. The quantitative estimate of drug-likeness (QED) is 0.439. The summed E-state index contributed by atoms with van der Waals surface area (Å²) >= 11 is 0. The lowest BCUT2D eigenvalue weighted by molar-refractivity contribution is -0.129. The van der Waals surface area contributed by atoms with E-state index in [9.17, 15) is 4.79 Å². The maximum Gasteiger partial charge on any atom is 0.244 e. The Morgan fingerprint density at radius 3 is 2.80 bits per heavy atom. The van der Waals surface area contributed by atoms with E-state index in [-0.39, 0.29) is 18.2 Å². The molecule has 1 aromatic rings. The lowest BCUT2D eigenvalue weighted by Gasteiger charge is -2.22. The molecule has 6 heteroatoms. The monoisotopic (exact) mass is 351 g/mol. The highest BCUT2D eigenvalue weighted by Crippen LogP contribution is 2.31. The van der Waals surface area contributed by atoms with Crippen molar-refractivity contribution in [1.29, 1.82) is 0 Å². The number of nitrogens with zero attached hydrogens (tertiary/aromatic N) is 1. The van der Waals surface area contributed by atoms with E-state index >= 15 is 0 Å². The van der Waals surface area contributed by atoms with E-state index in [0.29, 0.717) is 18.5 Å². The first-order valence-corrected chi connectivity index (χ1v) is 9.69. The predicted octanol–water partition coefficient (Wildman–Crippen LogP) is 3.90. The Labute approximate surface area is 150 Å². The lowest BCUT2D eigenvalue weighted by Crippen LogP contribution is -2.22. The second-order valence-corrected chi connectivity index (χ2v) is 7.58. The smallest absolute Gasteiger partial charge is 0.244 e. The third-order valence-electron chi connectivity index (χ3n) is 5.06. The largest absolute Gasteiger partial charge is 0.448 e. The summed E-state index contributed by atoms with van der Waals surface area (Å²) in [4.78, 5) is 16.2. The highest BCUT2D eigenvalue weighted by molar-refractivity contribution is 5.75. The molecule has 1 aromatic heterocycles. The molecule has 0 aliphatic heterocycles. The van der Waals surface area contributed by atoms with Gasteiger partial charge >= 0.3 is 0 Å². The van der Waals surface area contributed by atoms with Crippen molar-refractivity contribution < 1.29 is 14.4 Å². The summed E-state index contributed by atoms with van der Waals surface area (Å²) < 4.78 is 5.63. The Balaban J connectivity index is 1.89. The first kappa shape index (κ1) is 19.9. The molecular weight excluding hydrogens is 318 g/mol. The van der Waals surface area contributed by atoms with Crippen LogP contribution in [0.3, 0.4) is 0 Å². The van der Waals surface area contributed by atoms with Gasteiger partial charge < -0.3 is 9.73 Å². The van der Waals surface area contributed by atoms with E-state index in [1.54, 1.807) is 11.7 Å². The number of aromatic nitrogens is 1. The molecule has 1 aliphatic carbocycles. The SMILES string of the molecule is CC(C)NCc1coc([C@H](CCCC2CCCCC2)CC(=O)NO)n1. The molecule has 3 N–H and O–H groups in total. The van der Waals surface area contributed by atoms with Crippen molar-refractivity contribution in [3.8, 4) is 0 Å². The topological polar surface area (TPSA) is 87.4 Å². The molecule has 1 fully saturated rings. The Hall–Kier alpha value is -1.40. The number of hydroxylamine groups is 1. The number of hydrogen-bond donors (Lipinski definition) is 3.